The summed E-state index contributed by atoms with van der Waals surface area (Å²) >= 11 is 0. The van der Waals surface area contributed by atoms with Crippen molar-refractivity contribution in [2.45, 2.75) is 12.3 Å². The molecular weight excluding hydrogens is 256 g/mol. The third kappa shape index (κ3) is 3.19. The lowest BCUT2D eigenvalue weighted by molar-refractivity contribution is -0.214. The quantitative estimate of drug-likeness (QED) is 0.674. The molecule has 0 heterocycles. The van der Waals surface area contributed by atoms with Crippen LogP contribution < -0.4 is 0 Å². The van der Waals surface area contributed by atoms with Crippen molar-refractivity contribution >= 4 is 5.97 Å². The second kappa shape index (κ2) is 5.34. The van der Waals surface area contributed by atoms with Crippen LogP contribution in [0.15, 0.2) is 24.3 Å². The molecule has 0 saturated heterocycles. The highest BCUT2D eigenvalue weighted by Gasteiger charge is 2.50. The highest BCUT2D eigenvalue weighted by atomic mass is 19.4. The summed E-state index contributed by atoms with van der Waals surface area (Å²) in [6.07, 6.45) is -7.10. The molecule has 1 aromatic carbocycles. The fourth-order valence-corrected chi connectivity index (χ4v) is 1.42. The Morgan fingerprint density at radius 1 is 1.28 bits per heavy atom. The van der Waals surface area contributed by atoms with Crippen LogP contribution in [-0.4, -0.2) is 24.4 Å². The first kappa shape index (κ1) is 14.4. The predicted molar refractivity (Wildman–Crippen MR) is 52.9 cm³/mol. The van der Waals surface area contributed by atoms with Crippen LogP contribution in [0.3, 0.4) is 0 Å². The number of halogens is 4. The molecule has 0 aliphatic rings. The topological polar surface area (TPSA) is 46.5 Å². The molecule has 0 amide bonds. The number of carbonyl (C=O) groups is 1. The number of aliphatic hydroxyl groups is 1. The van der Waals surface area contributed by atoms with Crippen LogP contribution in [0.25, 0.3) is 0 Å². The van der Waals surface area contributed by atoms with E-state index < -0.39 is 30.0 Å². The Morgan fingerprint density at radius 2 is 1.78 bits per heavy atom. The molecule has 0 bridgehead atoms. The van der Waals surface area contributed by atoms with Gasteiger partial charge >= 0.3 is 12.1 Å². The van der Waals surface area contributed by atoms with Crippen LogP contribution >= 0.6 is 0 Å². The number of aliphatic hydroxyl groups excluding tert-OH is 1. The number of hydrogen-bond donors (Lipinski definition) is 1. The molecular formula is C11H10F4O3. The van der Waals surface area contributed by atoms with Gasteiger partial charge in [0.15, 0.2) is 5.92 Å². The Labute approximate surface area is 100.0 Å². The normalized spacial score (nSPS) is 15.0. The maximum Gasteiger partial charge on any atom is 0.405 e. The lowest BCUT2D eigenvalue weighted by Crippen LogP contribution is -2.36. The molecule has 1 aromatic rings. The van der Waals surface area contributed by atoms with Crippen molar-refractivity contribution in [3.63, 3.8) is 0 Å². The fourth-order valence-electron chi connectivity index (χ4n) is 1.42. The molecule has 1 rings (SSSR count). The van der Waals surface area contributed by atoms with E-state index in [0.29, 0.717) is 0 Å². The van der Waals surface area contributed by atoms with Gasteiger partial charge in [0.05, 0.1) is 7.11 Å². The number of alkyl halides is 3. The van der Waals surface area contributed by atoms with Crippen LogP contribution in [0.5, 0.6) is 0 Å². The number of benzene rings is 1. The molecule has 18 heavy (non-hydrogen) atoms. The standard InChI is InChI=1S/C11H10F4O3/c1-18-10(17)8(11(13,14)15)9(16)6-2-4-7(12)5-3-6/h2-5,8-9,16H,1H3/t8-,9-/m0/s1. The number of carbonyl (C=O) groups excluding carboxylic acids is 1. The average Bonchev–Trinajstić information content (AvgIpc) is 2.27. The Kier molecular flexibility index (Phi) is 4.28. The number of rotatable bonds is 3. The summed E-state index contributed by atoms with van der Waals surface area (Å²) in [7, 11) is 0.790. The van der Waals surface area contributed by atoms with Crippen LogP contribution in [0.1, 0.15) is 11.7 Å². The molecule has 0 aliphatic carbocycles. The Bertz CT molecular complexity index is 413. The summed E-state index contributed by atoms with van der Waals surface area (Å²) in [5.74, 6) is -4.96. The maximum absolute atomic E-state index is 12.6. The molecule has 1 N–H and O–H groups in total. The van der Waals surface area contributed by atoms with Gasteiger partial charge in [-0.15, -0.1) is 0 Å². The minimum atomic E-state index is -4.96. The third-order valence-electron chi connectivity index (χ3n) is 2.34. The summed E-state index contributed by atoms with van der Waals surface area (Å²) in [6.45, 7) is 0. The van der Waals surface area contributed by atoms with Crippen molar-refractivity contribution in [1.82, 2.24) is 0 Å². The van der Waals surface area contributed by atoms with Crippen molar-refractivity contribution in [2.24, 2.45) is 5.92 Å². The lowest BCUT2D eigenvalue weighted by Gasteiger charge is -2.23. The van der Waals surface area contributed by atoms with Crippen LogP contribution in [0.4, 0.5) is 17.6 Å². The van der Waals surface area contributed by atoms with E-state index in [9.17, 15) is 27.5 Å². The van der Waals surface area contributed by atoms with Gasteiger partial charge in [0.1, 0.15) is 11.9 Å². The highest BCUT2D eigenvalue weighted by Crippen LogP contribution is 2.36. The van der Waals surface area contributed by atoms with Gasteiger partial charge in [-0.05, 0) is 17.7 Å². The number of ether oxygens (including phenoxy) is 1. The smallest absolute Gasteiger partial charge is 0.405 e. The highest BCUT2D eigenvalue weighted by molar-refractivity contribution is 5.74. The van der Waals surface area contributed by atoms with Crippen molar-refractivity contribution in [3.8, 4) is 0 Å². The second-order valence-electron chi connectivity index (χ2n) is 3.54. The SMILES string of the molecule is COC(=O)[C@H]([C@@H](O)c1ccc(F)cc1)C(F)(F)F. The summed E-state index contributed by atoms with van der Waals surface area (Å²) in [6, 6.07) is 3.73. The first-order valence-electron chi connectivity index (χ1n) is 4.85. The van der Waals surface area contributed by atoms with E-state index in [2.05, 4.69) is 4.74 Å². The van der Waals surface area contributed by atoms with E-state index in [1.165, 1.54) is 0 Å². The van der Waals surface area contributed by atoms with E-state index >= 15 is 0 Å². The van der Waals surface area contributed by atoms with Crippen molar-refractivity contribution in [3.05, 3.63) is 35.6 Å². The molecule has 0 fully saturated rings. The first-order chi connectivity index (χ1) is 8.27. The molecule has 0 aliphatic heterocycles. The molecule has 0 saturated carbocycles. The van der Waals surface area contributed by atoms with Gasteiger partial charge in [-0.2, -0.15) is 13.2 Å². The van der Waals surface area contributed by atoms with Gasteiger partial charge in [0.2, 0.25) is 0 Å². The summed E-state index contributed by atoms with van der Waals surface area (Å²) < 4.78 is 54.5. The number of hydrogen-bond acceptors (Lipinski definition) is 3. The van der Waals surface area contributed by atoms with Gasteiger partial charge < -0.3 is 9.84 Å². The summed E-state index contributed by atoms with van der Waals surface area (Å²) in [5, 5.41) is 9.57. The molecule has 100 valence electrons. The molecule has 7 heteroatoms. The predicted octanol–water partition coefficient (Wildman–Crippen LogP) is 2.21. The zero-order valence-corrected chi connectivity index (χ0v) is 9.24. The number of esters is 1. The van der Waals surface area contributed by atoms with Crippen molar-refractivity contribution in [1.29, 1.82) is 0 Å². The Balaban J connectivity index is 3.06. The van der Waals surface area contributed by atoms with E-state index in [0.717, 1.165) is 31.4 Å². The van der Waals surface area contributed by atoms with Gasteiger partial charge in [0, 0.05) is 0 Å². The van der Waals surface area contributed by atoms with Gasteiger partial charge in [0.25, 0.3) is 0 Å². The summed E-state index contributed by atoms with van der Waals surface area (Å²) in [5.41, 5.74) is -0.218. The van der Waals surface area contributed by atoms with Gasteiger partial charge in [-0.1, -0.05) is 12.1 Å². The van der Waals surface area contributed by atoms with E-state index in [1.54, 1.807) is 0 Å². The largest absolute Gasteiger partial charge is 0.468 e. The monoisotopic (exact) mass is 266 g/mol. The fraction of sp³-hybridized carbons (Fsp3) is 0.364. The minimum absolute atomic E-state index is 0.218. The zero-order valence-electron chi connectivity index (χ0n) is 9.24. The minimum Gasteiger partial charge on any atom is -0.468 e. The average molecular weight is 266 g/mol. The molecule has 0 unspecified atom stereocenters. The molecule has 0 aromatic heterocycles. The lowest BCUT2D eigenvalue weighted by atomic mass is 9.95. The first-order valence-corrected chi connectivity index (χ1v) is 4.85. The van der Waals surface area contributed by atoms with Crippen LogP contribution in [0, 0.1) is 11.7 Å². The van der Waals surface area contributed by atoms with Crippen LogP contribution in [0.2, 0.25) is 0 Å². The summed E-state index contributed by atoms with van der Waals surface area (Å²) in [4.78, 5) is 11.1. The zero-order chi connectivity index (χ0) is 13.9. The van der Waals surface area contributed by atoms with Gasteiger partial charge in [-0.3, -0.25) is 4.79 Å². The van der Waals surface area contributed by atoms with Crippen LogP contribution in [-0.2, 0) is 9.53 Å². The van der Waals surface area contributed by atoms with E-state index in [-0.39, 0.29) is 5.56 Å². The van der Waals surface area contributed by atoms with E-state index in [4.69, 9.17) is 0 Å². The van der Waals surface area contributed by atoms with Crippen molar-refractivity contribution < 1.29 is 32.2 Å². The molecule has 0 spiro atoms. The third-order valence-corrected chi connectivity index (χ3v) is 2.34. The Hall–Kier alpha value is -1.63. The van der Waals surface area contributed by atoms with E-state index in [1.807, 2.05) is 0 Å². The number of methoxy groups -OCH3 is 1. The second-order valence-corrected chi connectivity index (χ2v) is 3.54. The van der Waals surface area contributed by atoms with Crippen molar-refractivity contribution in [2.75, 3.05) is 7.11 Å². The maximum atomic E-state index is 12.6. The molecule has 0 radical (unpaired) electrons. The molecule has 3 nitrogen and oxygen atoms in total. The van der Waals surface area contributed by atoms with Gasteiger partial charge in [-0.25, -0.2) is 4.39 Å². The Morgan fingerprint density at radius 3 is 2.17 bits per heavy atom. The molecule has 2 atom stereocenters.